The molecule has 6 heteroatoms. The van der Waals surface area contributed by atoms with Gasteiger partial charge in [-0.15, -0.1) is 0 Å². The molecule has 1 aromatic carbocycles. The summed E-state index contributed by atoms with van der Waals surface area (Å²) in [5.41, 5.74) is 0.837. The highest BCUT2D eigenvalue weighted by Crippen LogP contribution is 2.35. The quantitative estimate of drug-likeness (QED) is 0.784. The number of nitrogens with zero attached hydrogens (tertiary/aromatic N) is 2. The fourth-order valence-corrected chi connectivity index (χ4v) is 2.70. The molecule has 0 fully saturated rings. The van der Waals surface area contributed by atoms with Gasteiger partial charge in [-0.1, -0.05) is 12.1 Å². The summed E-state index contributed by atoms with van der Waals surface area (Å²) in [5.74, 6) is 1.51. The lowest BCUT2D eigenvalue weighted by molar-refractivity contribution is 0.322. The van der Waals surface area contributed by atoms with Crippen LogP contribution in [0.25, 0.3) is 0 Å². The van der Waals surface area contributed by atoms with Gasteiger partial charge >= 0.3 is 0 Å². The maximum atomic E-state index is 11.7. The first kappa shape index (κ1) is 12.5. The third kappa shape index (κ3) is 2.32. The summed E-state index contributed by atoms with van der Waals surface area (Å²) in [7, 11) is 0. The number of aromatic nitrogens is 2. The number of H-pyrrole nitrogens is 1. The SMILES string of the molecule is O=c1[nH]cnc(N2CCCOc3ccccc32)c1I. The summed E-state index contributed by atoms with van der Waals surface area (Å²) < 4.78 is 6.31. The van der Waals surface area contributed by atoms with Gasteiger partial charge in [0.1, 0.15) is 9.32 Å². The van der Waals surface area contributed by atoms with Crippen LogP contribution in [0.15, 0.2) is 35.4 Å². The normalized spacial score (nSPS) is 14.5. The maximum Gasteiger partial charge on any atom is 0.266 e. The first-order valence-corrected chi connectivity index (χ1v) is 7.08. The van der Waals surface area contributed by atoms with Crippen LogP contribution in [0.4, 0.5) is 11.5 Å². The van der Waals surface area contributed by atoms with Gasteiger partial charge in [0, 0.05) is 6.54 Å². The maximum absolute atomic E-state index is 11.7. The molecule has 0 spiro atoms. The van der Waals surface area contributed by atoms with Crippen molar-refractivity contribution in [3.63, 3.8) is 0 Å². The fourth-order valence-electron chi connectivity index (χ4n) is 2.11. The van der Waals surface area contributed by atoms with E-state index in [0.29, 0.717) is 16.0 Å². The third-order valence-electron chi connectivity index (χ3n) is 2.97. The summed E-state index contributed by atoms with van der Waals surface area (Å²) in [6.07, 6.45) is 2.33. The van der Waals surface area contributed by atoms with Crippen molar-refractivity contribution in [3.8, 4) is 5.75 Å². The minimum atomic E-state index is -0.117. The van der Waals surface area contributed by atoms with Crippen LogP contribution < -0.4 is 15.2 Å². The summed E-state index contributed by atoms with van der Waals surface area (Å²) in [4.78, 5) is 20.7. The molecule has 0 bridgehead atoms. The summed E-state index contributed by atoms with van der Waals surface area (Å²) in [5, 5.41) is 0. The minimum Gasteiger partial charge on any atom is -0.491 e. The van der Waals surface area contributed by atoms with Crippen LogP contribution in [0.2, 0.25) is 0 Å². The predicted molar refractivity (Wildman–Crippen MR) is 81.1 cm³/mol. The molecule has 5 nitrogen and oxygen atoms in total. The van der Waals surface area contributed by atoms with E-state index in [1.54, 1.807) is 0 Å². The molecular formula is C13H12IN3O2. The van der Waals surface area contributed by atoms with E-state index < -0.39 is 0 Å². The lowest BCUT2D eigenvalue weighted by atomic mass is 10.2. The number of aromatic amines is 1. The Morgan fingerprint density at radius 1 is 1.37 bits per heavy atom. The number of hydrogen-bond acceptors (Lipinski definition) is 4. The molecule has 1 aromatic heterocycles. The second kappa shape index (κ2) is 5.20. The van der Waals surface area contributed by atoms with E-state index in [9.17, 15) is 4.79 Å². The first-order chi connectivity index (χ1) is 9.27. The van der Waals surface area contributed by atoms with Gasteiger partial charge in [0.25, 0.3) is 5.56 Å². The molecule has 1 aliphatic heterocycles. The van der Waals surface area contributed by atoms with E-state index in [4.69, 9.17) is 4.74 Å². The lowest BCUT2D eigenvalue weighted by Crippen LogP contribution is -2.24. The highest BCUT2D eigenvalue weighted by Gasteiger charge is 2.21. The Morgan fingerprint density at radius 3 is 3.11 bits per heavy atom. The van der Waals surface area contributed by atoms with Gasteiger partial charge in [-0.05, 0) is 41.1 Å². The Balaban J connectivity index is 2.14. The molecule has 0 aliphatic carbocycles. The van der Waals surface area contributed by atoms with E-state index in [2.05, 4.69) is 9.97 Å². The molecule has 1 N–H and O–H groups in total. The highest BCUT2D eigenvalue weighted by atomic mass is 127. The van der Waals surface area contributed by atoms with E-state index >= 15 is 0 Å². The minimum absolute atomic E-state index is 0.117. The van der Waals surface area contributed by atoms with Crippen molar-refractivity contribution in [2.45, 2.75) is 6.42 Å². The monoisotopic (exact) mass is 369 g/mol. The second-order valence-electron chi connectivity index (χ2n) is 4.19. The van der Waals surface area contributed by atoms with E-state index in [0.717, 1.165) is 24.4 Å². The summed E-state index contributed by atoms with van der Waals surface area (Å²) >= 11 is 2.03. The molecule has 0 radical (unpaired) electrons. The average molecular weight is 369 g/mol. The smallest absolute Gasteiger partial charge is 0.266 e. The molecule has 0 unspecified atom stereocenters. The van der Waals surface area contributed by atoms with Gasteiger partial charge in [0.2, 0.25) is 0 Å². The second-order valence-corrected chi connectivity index (χ2v) is 5.27. The van der Waals surface area contributed by atoms with Crippen molar-refractivity contribution in [2.75, 3.05) is 18.1 Å². The molecule has 2 aromatic rings. The van der Waals surface area contributed by atoms with Crippen LogP contribution in [0.5, 0.6) is 5.75 Å². The summed E-state index contributed by atoms with van der Waals surface area (Å²) in [6, 6.07) is 7.83. The Kier molecular flexibility index (Phi) is 3.41. The van der Waals surface area contributed by atoms with Gasteiger partial charge < -0.3 is 14.6 Å². The predicted octanol–water partition coefficient (Wildman–Crippen LogP) is 2.30. The van der Waals surface area contributed by atoms with Crippen molar-refractivity contribution >= 4 is 34.1 Å². The van der Waals surface area contributed by atoms with Gasteiger partial charge in [-0.2, -0.15) is 0 Å². The van der Waals surface area contributed by atoms with Gasteiger partial charge in [-0.25, -0.2) is 4.98 Å². The van der Waals surface area contributed by atoms with Crippen molar-refractivity contribution < 1.29 is 4.74 Å². The number of nitrogens with one attached hydrogen (secondary N) is 1. The number of ether oxygens (including phenoxy) is 1. The molecule has 1 aliphatic rings. The number of fused-ring (bicyclic) bond motifs is 1. The van der Waals surface area contributed by atoms with Gasteiger partial charge in [0.15, 0.2) is 5.82 Å². The van der Waals surface area contributed by atoms with E-state index in [1.165, 1.54) is 6.33 Å². The third-order valence-corrected chi connectivity index (χ3v) is 3.95. The number of rotatable bonds is 1. The Hall–Kier alpha value is -1.57. The molecule has 19 heavy (non-hydrogen) atoms. The number of benzene rings is 1. The molecule has 0 atom stereocenters. The van der Waals surface area contributed by atoms with Crippen LogP contribution >= 0.6 is 22.6 Å². The van der Waals surface area contributed by atoms with E-state index in [1.807, 2.05) is 51.8 Å². The van der Waals surface area contributed by atoms with Crippen LogP contribution in [0.3, 0.4) is 0 Å². The zero-order valence-corrected chi connectivity index (χ0v) is 12.3. The molecule has 0 saturated carbocycles. The molecule has 0 saturated heterocycles. The lowest BCUT2D eigenvalue weighted by Gasteiger charge is -2.23. The topological polar surface area (TPSA) is 58.2 Å². The summed E-state index contributed by atoms with van der Waals surface area (Å²) in [6.45, 7) is 1.46. The number of halogens is 1. The zero-order chi connectivity index (χ0) is 13.2. The molecule has 98 valence electrons. The largest absolute Gasteiger partial charge is 0.491 e. The number of para-hydroxylation sites is 2. The van der Waals surface area contributed by atoms with Crippen LogP contribution in [-0.4, -0.2) is 23.1 Å². The van der Waals surface area contributed by atoms with Crippen molar-refractivity contribution in [3.05, 3.63) is 44.5 Å². The Labute approximate surface area is 123 Å². The van der Waals surface area contributed by atoms with Crippen molar-refractivity contribution in [1.82, 2.24) is 9.97 Å². The van der Waals surface area contributed by atoms with Gasteiger partial charge in [-0.3, -0.25) is 4.79 Å². The Bertz CT molecular complexity index is 656. The van der Waals surface area contributed by atoms with Gasteiger partial charge in [0.05, 0.1) is 18.6 Å². The first-order valence-electron chi connectivity index (χ1n) is 6.00. The van der Waals surface area contributed by atoms with Crippen LogP contribution in [0.1, 0.15) is 6.42 Å². The molecular weight excluding hydrogens is 357 g/mol. The highest BCUT2D eigenvalue weighted by molar-refractivity contribution is 14.1. The number of hydrogen-bond donors (Lipinski definition) is 1. The van der Waals surface area contributed by atoms with Crippen LogP contribution in [-0.2, 0) is 0 Å². The number of anilines is 2. The zero-order valence-electron chi connectivity index (χ0n) is 10.1. The Morgan fingerprint density at radius 2 is 2.21 bits per heavy atom. The molecule has 0 amide bonds. The van der Waals surface area contributed by atoms with Crippen LogP contribution in [0, 0.1) is 3.57 Å². The van der Waals surface area contributed by atoms with Crippen molar-refractivity contribution in [2.24, 2.45) is 0 Å². The molecule has 2 heterocycles. The van der Waals surface area contributed by atoms with Crippen molar-refractivity contribution in [1.29, 1.82) is 0 Å². The average Bonchev–Trinajstić information content (AvgIpc) is 2.64. The molecule has 3 rings (SSSR count). The standard InChI is InChI=1S/C13H12IN3O2/c14-11-12(15-8-16-13(11)18)17-6-3-7-19-10-5-2-1-4-9(10)17/h1-2,4-5,8H,3,6-7H2,(H,15,16,18). The fraction of sp³-hybridized carbons (Fsp3) is 0.231. The van der Waals surface area contributed by atoms with E-state index in [-0.39, 0.29) is 5.56 Å².